The van der Waals surface area contributed by atoms with Crippen molar-refractivity contribution >= 4 is 17.3 Å². The van der Waals surface area contributed by atoms with Crippen molar-refractivity contribution in [2.45, 2.75) is 65.7 Å². The van der Waals surface area contributed by atoms with Gasteiger partial charge in [0, 0.05) is 44.2 Å². The topological polar surface area (TPSA) is 71.5 Å². The zero-order valence-electron chi connectivity index (χ0n) is 17.2. The molecule has 3 N–H and O–H groups in total. The van der Waals surface area contributed by atoms with Gasteiger partial charge >= 0.3 is 0 Å². The molecule has 146 valence electrons. The smallest absolute Gasteiger partial charge is 0.160 e. The molecule has 0 bridgehead atoms. The summed E-state index contributed by atoms with van der Waals surface area (Å²) in [7, 11) is 2.16. The summed E-state index contributed by atoms with van der Waals surface area (Å²) < 4.78 is 2.02. The summed E-state index contributed by atoms with van der Waals surface area (Å²) >= 11 is 0. The maximum absolute atomic E-state index is 5.67. The molecule has 1 unspecified atom stereocenters. The SMILES string of the molecule is CCCCCCN(C)c1c(C)c(NCCN)nc2cc(C(C)CC)nn12. The number of anilines is 2. The van der Waals surface area contributed by atoms with Crippen LogP contribution in [-0.2, 0) is 0 Å². The van der Waals surface area contributed by atoms with Crippen molar-refractivity contribution in [3.8, 4) is 0 Å². The van der Waals surface area contributed by atoms with E-state index in [0.717, 1.165) is 48.1 Å². The van der Waals surface area contributed by atoms with Crippen molar-refractivity contribution in [3.05, 3.63) is 17.3 Å². The highest BCUT2D eigenvalue weighted by Crippen LogP contribution is 2.28. The molecule has 26 heavy (non-hydrogen) atoms. The van der Waals surface area contributed by atoms with Gasteiger partial charge in [-0.25, -0.2) is 4.98 Å². The predicted molar refractivity (Wildman–Crippen MR) is 111 cm³/mol. The van der Waals surface area contributed by atoms with Crippen molar-refractivity contribution in [2.75, 3.05) is 36.9 Å². The van der Waals surface area contributed by atoms with Crippen LogP contribution in [0.4, 0.5) is 11.6 Å². The summed E-state index contributed by atoms with van der Waals surface area (Å²) in [6.07, 6.45) is 6.08. The number of hydrogen-bond acceptors (Lipinski definition) is 5. The van der Waals surface area contributed by atoms with E-state index >= 15 is 0 Å². The quantitative estimate of drug-likeness (QED) is 0.594. The van der Waals surface area contributed by atoms with Crippen LogP contribution in [0.3, 0.4) is 0 Å². The third-order valence-electron chi connectivity index (χ3n) is 5.09. The van der Waals surface area contributed by atoms with Crippen LogP contribution in [0.1, 0.15) is 70.1 Å². The largest absolute Gasteiger partial charge is 0.368 e. The monoisotopic (exact) mass is 360 g/mol. The van der Waals surface area contributed by atoms with Crippen molar-refractivity contribution in [3.63, 3.8) is 0 Å². The minimum atomic E-state index is 0.431. The van der Waals surface area contributed by atoms with Gasteiger partial charge in [0.1, 0.15) is 11.6 Å². The zero-order valence-corrected chi connectivity index (χ0v) is 17.2. The highest BCUT2D eigenvalue weighted by molar-refractivity contribution is 5.65. The first-order valence-corrected chi connectivity index (χ1v) is 10.1. The molecule has 6 nitrogen and oxygen atoms in total. The molecule has 0 aliphatic heterocycles. The van der Waals surface area contributed by atoms with E-state index in [0.29, 0.717) is 12.5 Å². The van der Waals surface area contributed by atoms with Crippen LogP contribution < -0.4 is 16.0 Å². The molecule has 0 aliphatic carbocycles. The molecule has 2 aromatic heterocycles. The van der Waals surface area contributed by atoms with Gasteiger partial charge in [-0.15, -0.1) is 0 Å². The van der Waals surface area contributed by atoms with E-state index < -0.39 is 0 Å². The summed E-state index contributed by atoms with van der Waals surface area (Å²) in [5.74, 6) is 2.47. The van der Waals surface area contributed by atoms with Gasteiger partial charge < -0.3 is 16.0 Å². The van der Waals surface area contributed by atoms with E-state index in [1.54, 1.807) is 0 Å². The zero-order chi connectivity index (χ0) is 19.1. The molecule has 0 radical (unpaired) electrons. The number of nitrogens with one attached hydrogen (secondary N) is 1. The maximum Gasteiger partial charge on any atom is 0.160 e. The Labute approximate surface area is 158 Å². The Hall–Kier alpha value is -1.82. The van der Waals surface area contributed by atoms with E-state index in [2.05, 4.69) is 51.0 Å². The van der Waals surface area contributed by atoms with Crippen molar-refractivity contribution in [2.24, 2.45) is 5.73 Å². The molecule has 2 heterocycles. The molecular weight excluding hydrogens is 324 g/mol. The maximum atomic E-state index is 5.67. The average molecular weight is 361 g/mol. The normalized spacial score (nSPS) is 12.5. The van der Waals surface area contributed by atoms with Crippen LogP contribution in [0, 0.1) is 6.92 Å². The van der Waals surface area contributed by atoms with Gasteiger partial charge in [0.15, 0.2) is 5.65 Å². The first kappa shape index (κ1) is 20.5. The number of nitrogens with two attached hydrogens (primary N) is 1. The Morgan fingerprint density at radius 2 is 2.04 bits per heavy atom. The fourth-order valence-corrected chi connectivity index (χ4v) is 3.23. The first-order chi connectivity index (χ1) is 12.5. The summed E-state index contributed by atoms with van der Waals surface area (Å²) in [5.41, 5.74) is 8.81. The predicted octanol–water partition coefficient (Wildman–Crippen LogP) is 3.94. The second-order valence-corrected chi connectivity index (χ2v) is 7.26. The number of nitrogens with zero attached hydrogens (tertiary/aromatic N) is 4. The molecule has 0 aromatic carbocycles. The third kappa shape index (κ3) is 4.67. The lowest BCUT2D eigenvalue weighted by atomic mass is 10.1. The molecule has 0 saturated heterocycles. The van der Waals surface area contributed by atoms with Gasteiger partial charge in [-0.05, 0) is 19.8 Å². The minimum Gasteiger partial charge on any atom is -0.368 e. The number of hydrogen-bond donors (Lipinski definition) is 2. The number of rotatable bonds is 11. The van der Waals surface area contributed by atoms with Gasteiger partial charge in [0.25, 0.3) is 0 Å². The summed E-state index contributed by atoms with van der Waals surface area (Å²) in [5, 5.41) is 8.27. The molecule has 0 amide bonds. The first-order valence-electron chi connectivity index (χ1n) is 10.1. The summed E-state index contributed by atoms with van der Waals surface area (Å²) in [6, 6.07) is 2.12. The van der Waals surface area contributed by atoms with Crippen LogP contribution in [-0.4, -0.2) is 41.3 Å². The molecule has 0 saturated carbocycles. The Morgan fingerprint density at radius 3 is 2.69 bits per heavy atom. The van der Waals surface area contributed by atoms with E-state index in [1.807, 2.05) is 4.52 Å². The van der Waals surface area contributed by atoms with Crippen molar-refractivity contribution < 1.29 is 0 Å². The van der Waals surface area contributed by atoms with Crippen LogP contribution in [0.15, 0.2) is 6.07 Å². The molecule has 2 aromatic rings. The molecule has 1 atom stereocenters. The number of fused-ring (bicyclic) bond motifs is 1. The highest BCUT2D eigenvalue weighted by atomic mass is 15.4. The van der Waals surface area contributed by atoms with Gasteiger partial charge in [-0.1, -0.05) is 40.0 Å². The van der Waals surface area contributed by atoms with E-state index in [9.17, 15) is 0 Å². The average Bonchev–Trinajstić information content (AvgIpc) is 3.06. The fourth-order valence-electron chi connectivity index (χ4n) is 3.23. The van der Waals surface area contributed by atoms with Gasteiger partial charge in [-0.2, -0.15) is 9.61 Å². The van der Waals surface area contributed by atoms with E-state index in [-0.39, 0.29) is 0 Å². The Kier molecular flexibility index (Phi) is 7.69. The molecule has 6 heteroatoms. The lowest BCUT2D eigenvalue weighted by Crippen LogP contribution is -2.24. The lowest BCUT2D eigenvalue weighted by molar-refractivity contribution is 0.651. The van der Waals surface area contributed by atoms with Gasteiger partial charge in [-0.3, -0.25) is 0 Å². The number of aromatic nitrogens is 3. The third-order valence-corrected chi connectivity index (χ3v) is 5.09. The second kappa shape index (κ2) is 9.76. The Morgan fingerprint density at radius 1 is 1.27 bits per heavy atom. The second-order valence-electron chi connectivity index (χ2n) is 7.26. The minimum absolute atomic E-state index is 0.431. The Bertz CT molecular complexity index is 693. The Balaban J connectivity index is 2.41. The fraction of sp³-hybridized carbons (Fsp3) is 0.700. The van der Waals surface area contributed by atoms with E-state index in [4.69, 9.17) is 15.8 Å². The van der Waals surface area contributed by atoms with Crippen molar-refractivity contribution in [1.29, 1.82) is 0 Å². The standard InChI is InChI=1S/C20H36N6/c1-6-8-9-10-13-25(5)20-16(4)19(22-12-11-21)23-18-14-17(15(3)7-2)24-26(18)20/h14-15H,6-13,21H2,1-5H3,(H,22,23). The molecule has 0 spiro atoms. The van der Waals surface area contributed by atoms with Crippen LogP contribution in [0.2, 0.25) is 0 Å². The summed E-state index contributed by atoms with van der Waals surface area (Å²) in [6.45, 7) is 11.1. The molecule has 2 rings (SSSR count). The molecule has 0 fully saturated rings. The van der Waals surface area contributed by atoms with Gasteiger partial charge in [0.05, 0.1) is 5.69 Å². The molecule has 0 aliphatic rings. The van der Waals surface area contributed by atoms with Crippen LogP contribution >= 0.6 is 0 Å². The van der Waals surface area contributed by atoms with E-state index in [1.165, 1.54) is 25.7 Å². The highest BCUT2D eigenvalue weighted by Gasteiger charge is 2.18. The van der Waals surface area contributed by atoms with Gasteiger partial charge in [0.2, 0.25) is 0 Å². The number of unbranched alkanes of at least 4 members (excludes halogenated alkanes) is 3. The summed E-state index contributed by atoms with van der Waals surface area (Å²) in [4.78, 5) is 7.13. The lowest BCUT2D eigenvalue weighted by Gasteiger charge is -2.23. The van der Waals surface area contributed by atoms with Crippen LogP contribution in [0.25, 0.3) is 5.65 Å². The molecular formula is C20H36N6. The van der Waals surface area contributed by atoms with Crippen molar-refractivity contribution in [1.82, 2.24) is 14.6 Å². The van der Waals surface area contributed by atoms with Crippen LogP contribution in [0.5, 0.6) is 0 Å².